The highest BCUT2D eigenvalue weighted by atomic mass is 16.6. The molecular weight excluding hydrogens is 410 g/mol. The molecule has 0 fully saturated rings. The first-order valence-electron chi connectivity index (χ1n) is 10.1. The van der Waals surface area contributed by atoms with Gasteiger partial charge in [0.05, 0.1) is 17.3 Å². The lowest BCUT2D eigenvalue weighted by Gasteiger charge is -2.34. The van der Waals surface area contributed by atoms with Gasteiger partial charge in [0.25, 0.3) is 11.7 Å². The van der Waals surface area contributed by atoms with Gasteiger partial charge in [-0.15, -0.1) is 0 Å². The van der Waals surface area contributed by atoms with Crippen molar-refractivity contribution in [1.82, 2.24) is 10.3 Å². The predicted octanol–water partition coefficient (Wildman–Crippen LogP) is 2.55. The number of nitrogens with two attached hydrogens (primary N) is 1. The van der Waals surface area contributed by atoms with E-state index in [1.54, 1.807) is 30.3 Å². The number of ether oxygens (including phenoxy) is 1. The second-order valence-corrected chi connectivity index (χ2v) is 8.39. The topological polar surface area (TPSA) is 135 Å². The van der Waals surface area contributed by atoms with Crippen LogP contribution in [0.3, 0.4) is 0 Å². The smallest absolute Gasteiger partial charge is 0.271 e. The molecule has 0 spiro atoms. The largest absolute Gasteiger partial charge is 0.506 e. The fraction of sp³-hybridized carbons (Fsp3) is 0.208. The molecule has 1 amide bonds. The summed E-state index contributed by atoms with van der Waals surface area (Å²) in [6.45, 7) is 4.03. The zero-order chi connectivity index (χ0) is 22.8. The van der Waals surface area contributed by atoms with E-state index in [0.29, 0.717) is 11.3 Å². The number of hydrogen-bond donors (Lipinski definition) is 4. The van der Waals surface area contributed by atoms with E-state index in [-0.39, 0.29) is 34.0 Å². The summed E-state index contributed by atoms with van der Waals surface area (Å²) in [5.41, 5.74) is 5.87. The highest BCUT2D eigenvalue weighted by Crippen LogP contribution is 2.59. The van der Waals surface area contributed by atoms with Crippen molar-refractivity contribution >= 4 is 17.4 Å². The average Bonchev–Trinajstić information content (AvgIpc) is 3.11. The van der Waals surface area contributed by atoms with E-state index in [2.05, 4.69) is 10.3 Å². The number of benzene rings is 2. The Kier molecular flexibility index (Phi) is 4.09. The maximum absolute atomic E-state index is 13.8. The molecule has 8 nitrogen and oxygen atoms in total. The molecule has 2 aliphatic rings. The average molecular weight is 431 g/mol. The normalized spacial score (nSPS) is 22.8. The first-order chi connectivity index (χ1) is 15.2. The zero-order valence-corrected chi connectivity index (χ0v) is 17.4. The number of carbonyl (C=O) groups excluding carboxylic acids is 2. The van der Waals surface area contributed by atoms with Crippen LogP contribution in [-0.2, 0) is 11.3 Å². The number of nitrogen functional groups attached to an aromatic ring is 1. The van der Waals surface area contributed by atoms with Gasteiger partial charge in [-0.05, 0) is 29.7 Å². The Morgan fingerprint density at radius 2 is 1.94 bits per heavy atom. The molecule has 0 bridgehead atoms. The van der Waals surface area contributed by atoms with E-state index in [1.165, 1.54) is 18.5 Å². The molecule has 8 heteroatoms. The van der Waals surface area contributed by atoms with Gasteiger partial charge in [-0.2, -0.15) is 0 Å². The molecule has 0 saturated heterocycles. The van der Waals surface area contributed by atoms with Gasteiger partial charge in [0, 0.05) is 23.0 Å². The molecule has 5 N–H and O–H groups in total. The zero-order valence-electron chi connectivity index (χ0n) is 17.4. The van der Waals surface area contributed by atoms with Gasteiger partial charge in [0.1, 0.15) is 11.5 Å². The Hall–Kier alpha value is -3.91. The van der Waals surface area contributed by atoms with Crippen molar-refractivity contribution in [2.75, 3.05) is 5.73 Å². The Morgan fingerprint density at radius 1 is 1.16 bits per heavy atom. The van der Waals surface area contributed by atoms with Crippen molar-refractivity contribution in [3.05, 3.63) is 82.7 Å². The lowest BCUT2D eigenvalue weighted by Crippen LogP contribution is -2.60. The van der Waals surface area contributed by atoms with Crippen LogP contribution in [0.4, 0.5) is 5.69 Å². The SMILES string of the molecule is CC(C)c1ccc2c(c1)OC1(O)c3cccc(N)c3C(=O)C21NC(=O)c1cncc(O)c1. The number of aliphatic hydroxyl groups is 1. The number of anilines is 1. The summed E-state index contributed by atoms with van der Waals surface area (Å²) in [4.78, 5) is 30.8. The van der Waals surface area contributed by atoms with Crippen molar-refractivity contribution in [2.45, 2.75) is 31.1 Å². The van der Waals surface area contributed by atoms with E-state index in [1.807, 2.05) is 19.9 Å². The van der Waals surface area contributed by atoms with Crippen LogP contribution in [0, 0.1) is 0 Å². The lowest BCUT2D eigenvalue weighted by atomic mass is 9.82. The molecule has 162 valence electrons. The molecule has 2 atom stereocenters. The Bertz CT molecular complexity index is 1300. The number of Topliss-reactive ketones (excluding diaryl/α,β-unsaturated/α-hetero) is 1. The second-order valence-electron chi connectivity index (χ2n) is 8.39. The van der Waals surface area contributed by atoms with Gasteiger partial charge in [0.15, 0.2) is 0 Å². The quantitative estimate of drug-likeness (QED) is 0.468. The van der Waals surface area contributed by atoms with E-state index < -0.39 is 23.0 Å². The van der Waals surface area contributed by atoms with Crippen LogP contribution in [0.25, 0.3) is 0 Å². The number of carbonyl (C=O) groups is 2. The van der Waals surface area contributed by atoms with Gasteiger partial charge in [0.2, 0.25) is 11.3 Å². The summed E-state index contributed by atoms with van der Waals surface area (Å²) in [5, 5.41) is 24.3. The maximum atomic E-state index is 13.8. The van der Waals surface area contributed by atoms with Gasteiger partial charge in [-0.25, -0.2) is 0 Å². The fourth-order valence-electron chi connectivity index (χ4n) is 4.54. The molecule has 32 heavy (non-hydrogen) atoms. The molecule has 1 aliphatic carbocycles. The molecule has 3 aromatic rings. The van der Waals surface area contributed by atoms with Crippen LogP contribution in [0.15, 0.2) is 54.9 Å². The number of rotatable bonds is 3. The van der Waals surface area contributed by atoms with Crippen molar-refractivity contribution < 1.29 is 24.5 Å². The van der Waals surface area contributed by atoms with Crippen molar-refractivity contribution in [3.8, 4) is 11.5 Å². The Balaban J connectivity index is 1.73. The van der Waals surface area contributed by atoms with Crippen LogP contribution in [-0.4, -0.2) is 26.9 Å². The van der Waals surface area contributed by atoms with E-state index in [0.717, 1.165) is 5.56 Å². The minimum atomic E-state index is -2.20. The number of hydrogen-bond acceptors (Lipinski definition) is 7. The van der Waals surface area contributed by atoms with Crippen LogP contribution in [0.5, 0.6) is 11.5 Å². The fourth-order valence-corrected chi connectivity index (χ4v) is 4.54. The third-order valence-electron chi connectivity index (χ3n) is 6.16. The highest BCUT2D eigenvalue weighted by Gasteiger charge is 2.72. The molecule has 2 heterocycles. The molecule has 0 radical (unpaired) electrons. The van der Waals surface area contributed by atoms with Gasteiger partial charge < -0.3 is 26.0 Å². The first-order valence-corrected chi connectivity index (χ1v) is 10.1. The molecule has 5 rings (SSSR count). The lowest BCUT2D eigenvalue weighted by molar-refractivity contribution is -0.169. The van der Waals surface area contributed by atoms with Crippen LogP contribution in [0.1, 0.15) is 57.2 Å². The number of aromatic nitrogens is 1. The predicted molar refractivity (Wildman–Crippen MR) is 115 cm³/mol. The standard InChI is InChI=1S/C24H21N3O5/c1-12(2)13-6-7-16-19(9-13)32-24(31)17-4-3-5-18(25)20(17)21(29)23(16,24)27-22(30)14-8-15(28)11-26-10-14/h3-12,28,31H,25H2,1-2H3,(H,27,30). The molecule has 0 saturated carbocycles. The summed E-state index contributed by atoms with van der Waals surface area (Å²) in [6, 6.07) is 11.2. The number of ketones is 1. The van der Waals surface area contributed by atoms with Crippen LogP contribution in [0.2, 0.25) is 0 Å². The van der Waals surface area contributed by atoms with Crippen molar-refractivity contribution in [1.29, 1.82) is 0 Å². The highest BCUT2D eigenvalue weighted by molar-refractivity contribution is 6.16. The van der Waals surface area contributed by atoms with Crippen molar-refractivity contribution in [3.63, 3.8) is 0 Å². The maximum Gasteiger partial charge on any atom is 0.271 e. The third-order valence-corrected chi connectivity index (χ3v) is 6.16. The van der Waals surface area contributed by atoms with Crippen molar-refractivity contribution in [2.24, 2.45) is 0 Å². The monoisotopic (exact) mass is 431 g/mol. The van der Waals surface area contributed by atoms with Gasteiger partial charge in [-0.1, -0.05) is 38.1 Å². The number of aromatic hydroxyl groups is 1. The number of nitrogens with one attached hydrogen (secondary N) is 1. The number of fused-ring (bicyclic) bond motifs is 5. The summed E-state index contributed by atoms with van der Waals surface area (Å²) >= 11 is 0. The Labute approximate surface area is 183 Å². The Morgan fingerprint density at radius 3 is 2.66 bits per heavy atom. The van der Waals surface area contributed by atoms with Gasteiger partial charge >= 0.3 is 0 Å². The number of nitrogens with zero attached hydrogens (tertiary/aromatic N) is 1. The minimum Gasteiger partial charge on any atom is -0.506 e. The second kappa shape index (κ2) is 6.54. The molecule has 2 aromatic carbocycles. The van der Waals surface area contributed by atoms with E-state index in [9.17, 15) is 19.8 Å². The number of pyridine rings is 1. The van der Waals surface area contributed by atoms with E-state index >= 15 is 0 Å². The third kappa shape index (κ3) is 2.44. The molecule has 2 unspecified atom stereocenters. The summed E-state index contributed by atoms with van der Waals surface area (Å²) in [5.74, 6) is -3.22. The summed E-state index contributed by atoms with van der Waals surface area (Å²) in [7, 11) is 0. The van der Waals surface area contributed by atoms with E-state index in [4.69, 9.17) is 10.5 Å². The molecule has 1 aliphatic heterocycles. The minimum absolute atomic E-state index is 0.0192. The number of amides is 1. The first kappa shape index (κ1) is 20.0. The van der Waals surface area contributed by atoms with Gasteiger partial charge in [-0.3, -0.25) is 14.6 Å². The molecular formula is C24H21N3O5. The molecule has 1 aromatic heterocycles. The van der Waals surface area contributed by atoms with Crippen LogP contribution < -0.4 is 15.8 Å². The summed E-state index contributed by atoms with van der Waals surface area (Å²) < 4.78 is 6.02. The van der Waals surface area contributed by atoms with Crippen LogP contribution >= 0.6 is 0 Å². The summed E-state index contributed by atoms with van der Waals surface area (Å²) in [6.07, 6.45) is 2.44.